The van der Waals surface area contributed by atoms with E-state index in [9.17, 15) is 4.79 Å². The van der Waals surface area contributed by atoms with Gasteiger partial charge in [-0.25, -0.2) is 9.48 Å². The number of aryl methyl sites for hydroxylation is 1. The highest BCUT2D eigenvalue weighted by molar-refractivity contribution is 9.10. The van der Waals surface area contributed by atoms with Gasteiger partial charge >= 0.3 is 5.97 Å². The molecule has 94 valence electrons. The van der Waals surface area contributed by atoms with Gasteiger partial charge < -0.3 is 5.11 Å². The summed E-state index contributed by atoms with van der Waals surface area (Å²) in [6.07, 6.45) is 0.519. The quantitative estimate of drug-likeness (QED) is 0.937. The lowest BCUT2D eigenvalue weighted by molar-refractivity contribution is 0.0696. The van der Waals surface area contributed by atoms with E-state index in [4.69, 9.17) is 16.7 Å². The first-order valence-corrected chi connectivity index (χ1v) is 6.48. The predicted octanol–water partition coefficient (Wildman–Crippen LogP) is 3.55. The summed E-state index contributed by atoms with van der Waals surface area (Å²) in [7, 11) is 0. The van der Waals surface area contributed by atoms with Crippen molar-refractivity contribution >= 4 is 33.5 Å². The summed E-state index contributed by atoms with van der Waals surface area (Å²) >= 11 is 9.42. The third-order valence-electron chi connectivity index (χ3n) is 2.52. The Balaban J connectivity index is 2.59. The minimum absolute atomic E-state index is 0.0714. The monoisotopic (exact) mass is 328 g/mol. The first-order valence-electron chi connectivity index (χ1n) is 5.31. The molecule has 1 heterocycles. The van der Waals surface area contributed by atoms with Gasteiger partial charge in [-0.3, -0.25) is 0 Å². The smallest absolute Gasteiger partial charge is 0.340 e. The Hall–Kier alpha value is -1.33. The predicted molar refractivity (Wildman–Crippen MR) is 72.6 cm³/mol. The number of nitrogens with zero attached hydrogens (tertiary/aromatic N) is 2. The molecule has 4 nitrogen and oxygen atoms in total. The number of benzene rings is 1. The molecular weight excluding hydrogens is 320 g/mol. The first-order chi connectivity index (χ1) is 8.54. The van der Waals surface area contributed by atoms with Crippen molar-refractivity contribution < 1.29 is 9.90 Å². The Morgan fingerprint density at radius 1 is 1.44 bits per heavy atom. The van der Waals surface area contributed by atoms with E-state index in [1.165, 1.54) is 4.68 Å². The maximum atomic E-state index is 11.2. The topological polar surface area (TPSA) is 55.1 Å². The molecule has 1 N–H and O–H groups in total. The molecule has 2 rings (SSSR count). The molecule has 0 bridgehead atoms. The van der Waals surface area contributed by atoms with Crippen molar-refractivity contribution in [2.24, 2.45) is 0 Å². The molecule has 1 aromatic carbocycles. The van der Waals surface area contributed by atoms with Gasteiger partial charge in [0.05, 0.1) is 11.4 Å². The van der Waals surface area contributed by atoms with Crippen LogP contribution in [-0.2, 0) is 6.42 Å². The number of rotatable bonds is 3. The lowest BCUT2D eigenvalue weighted by atomic mass is 10.2. The molecule has 0 radical (unpaired) electrons. The van der Waals surface area contributed by atoms with Crippen LogP contribution in [0.15, 0.2) is 28.7 Å². The van der Waals surface area contributed by atoms with Crippen LogP contribution in [-0.4, -0.2) is 20.9 Å². The minimum Gasteiger partial charge on any atom is -0.478 e. The minimum atomic E-state index is -1.06. The Morgan fingerprint density at radius 2 is 2.06 bits per heavy atom. The first kappa shape index (κ1) is 13.1. The zero-order valence-corrected chi connectivity index (χ0v) is 11.9. The summed E-state index contributed by atoms with van der Waals surface area (Å²) < 4.78 is 2.37. The van der Waals surface area contributed by atoms with Gasteiger partial charge in [0, 0.05) is 4.47 Å². The molecule has 0 saturated carbocycles. The standard InChI is InChI=1S/C12H10BrClN2O2/c1-2-9-10(12(17)18)11(14)16(15-9)8-5-3-7(13)4-6-8/h3-6H,2H2,1H3,(H,17,18). The summed E-state index contributed by atoms with van der Waals surface area (Å²) in [4.78, 5) is 11.2. The zero-order valence-electron chi connectivity index (χ0n) is 9.52. The molecule has 0 unspecified atom stereocenters. The SMILES string of the molecule is CCc1nn(-c2ccc(Br)cc2)c(Cl)c1C(=O)O. The van der Waals surface area contributed by atoms with E-state index < -0.39 is 5.97 Å². The Bertz CT molecular complexity index is 593. The summed E-state index contributed by atoms with van der Waals surface area (Å²) in [5, 5.41) is 13.5. The molecule has 1 aromatic heterocycles. The maximum absolute atomic E-state index is 11.2. The van der Waals surface area contributed by atoms with Crippen molar-refractivity contribution in [1.82, 2.24) is 9.78 Å². The Kier molecular flexibility index (Phi) is 3.73. The van der Waals surface area contributed by atoms with E-state index in [0.717, 1.165) is 10.2 Å². The van der Waals surface area contributed by atoms with E-state index >= 15 is 0 Å². The van der Waals surface area contributed by atoms with Crippen LogP contribution in [0.4, 0.5) is 0 Å². The summed E-state index contributed by atoms with van der Waals surface area (Å²) in [5.41, 5.74) is 1.28. The van der Waals surface area contributed by atoms with Crippen molar-refractivity contribution in [3.8, 4) is 5.69 Å². The van der Waals surface area contributed by atoms with Gasteiger partial charge in [0.2, 0.25) is 0 Å². The summed E-state index contributed by atoms with van der Waals surface area (Å²) in [5.74, 6) is -1.06. The van der Waals surface area contributed by atoms with Crippen LogP contribution < -0.4 is 0 Å². The second-order valence-electron chi connectivity index (χ2n) is 3.66. The lowest BCUT2D eigenvalue weighted by Crippen LogP contribution is -1.99. The van der Waals surface area contributed by atoms with Gasteiger partial charge in [0.25, 0.3) is 0 Å². The van der Waals surface area contributed by atoms with E-state index in [1.54, 1.807) is 0 Å². The fourth-order valence-electron chi connectivity index (χ4n) is 1.65. The highest BCUT2D eigenvalue weighted by Crippen LogP contribution is 2.25. The third-order valence-corrected chi connectivity index (χ3v) is 3.40. The van der Waals surface area contributed by atoms with Crippen LogP contribution in [0.1, 0.15) is 23.0 Å². The Morgan fingerprint density at radius 3 is 2.50 bits per heavy atom. The molecular formula is C12H10BrClN2O2. The molecule has 0 fully saturated rings. The van der Waals surface area contributed by atoms with Crippen molar-refractivity contribution in [2.45, 2.75) is 13.3 Å². The largest absolute Gasteiger partial charge is 0.478 e. The number of hydrogen-bond acceptors (Lipinski definition) is 2. The van der Waals surface area contributed by atoms with Crippen molar-refractivity contribution in [3.63, 3.8) is 0 Å². The van der Waals surface area contributed by atoms with Crippen LogP contribution in [0.2, 0.25) is 5.15 Å². The van der Waals surface area contributed by atoms with E-state index in [-0.39, 0.29) is 10.7 Å². The molecule has 0 amide bonds. The van der Waals surface area contributed by atoms with E-state index in [0.29, 0.717) is 12.1 Å². The molecule has 0 saturated heterocycles. The fourth-order valence-corrected chi connectivity index (χ4v) is 2.24. The second-order valence-corrected chi connectivity index (χ2v) is 4.93. The molecule has 18 heavy (non-hydrogen) atoms. The van der Waals surface area contributed by atoms with Crippen LogP contribution in [0.3, 0.4) is 0 Å². The molecule has 0 aliphatic carbocycles. The maximum Gasteiger partial charge on any atom is 0.340 e. The molecule has 0 atom stereocenters. The van der Waals surface area contributed by atoms with Gasteiger partial charge in [-0.2, -0.15) is 5.10 Å². The number of carboxylic acids is 1. The Labute approximate surface area is 117 Å². The average molecular weight is 330 g/mol. The van der Waals surface area contributed by atoms with Crippen molar-refractivity contribution in [1.29, 1.82) is 0 Å². The van der Waals surface area contributed by atoms with Crippen molar-refractivity contribution in [3.05, 3.63) is 45.1 Å². The van der Waals surface area contributed by atoms with Gasteiger partial charge in [-0.15, -0.1) is 0 Å². The highest BCUT2D eigenvalue weighted by Gasteiger charge is 2.21. The lowest BCUT2D eigenvalue weighted by Gasteiger charge is -2.02. The van der Waals surface area contributed by atoms with Crippen molar-refractivity contribution in [2.75, 3.05) is 0 Å². The zero-order chi connectivity index (χ0) is 13.3. The van der Waals surface area contributed by atoms with Crippen LogP contribution >= 0.6 is 27.5 Å². The normalized spacial score (nSPS) is 10.6. The second kappa shape index (κ2) is 5.12. The van der Waals surface area contributed by atoms with Crippen LogP contribution in [0.5, 0.6) is 0 Å². The fraction of sp³-hybridized carbons (Fsp3) is 0.167. The third kappa shape index (κ3) is 2.28. The molecule has 0 aliphatic heterocycles. The number of carboxylic acid groups (broad SMARTS) is 1. The summed E-state index contributed by atoms with van der Waals surface area (Å²) in [6.45, 7) is 1.84. The van der Waals surface area contributed by atoms with Gasteiger partial charge in [-0.1, -0.05) is 34.5 Å². The average Bonchev–Trinajstić information content (AvgIpc) is 2.67. The van der Waals surface area contributed by atoms with Gasteiger partial charge in [0.15, 0.2) is 0 Å². The van der Waals surface area contributed by atoms with Gasteiger partial charge in [-0.05, 0) is 30.7 Å². The molecule has 0 aliphatic rings. The van der Waals surface area contributed by atoms with E-state index in [1.807, 2.05) is 31.2 Å². The van der Waals surface area contributed by atoms with Crippen LogP contribution in [0, 0.1) is 0 Å². The number of aromatic nitrogens is 2. The van der Waals surface area contributed by atoms with Crippen LogP contribution in [0.25, 0.3) is 5.69 Å². The molecule has 0 spiro atoms. The van der Waals surface area contributed by atoms with Gasteiger partial charge in [0.1, 0.15) is 10.7 Å². The summed E-state index contributed by atoms with van der Waals surface area (Å²) in [6, 6.07) is 7.32. The number of hydrogen-bond donors (Lipinski definition) is 1. The highest BCUT2D eigenvalue weighted by atomic mass is 79.9. The number of carbonyl (C=O) groups is 1. The molecule has 6 heteroatoms. The molecule has 2 aromatic rings. The van der Waals surface area contributed by atoms with E-state index in [2.05, 4.69) is 21.0 Å². The number of aromatic carboxylic acids is 1. The number of halogens is 2.